The maximum atomic E-state index is 14.8. The van der Waals surface area contributed by atoms with Gasteiger partial charge in [-0.25, -0.2) is 4.39 Å². The number of aryl methyl sites for hydroxylation is 1. The summed E-state index contributed by atoms with van der Waals surface area (Å²) in [5.41, 5.74) is 2.87. The molecule has 0 amide bonds. The van der Waals surface area contributed by atoms with E-state index in [0.717, 1.165) is 30.4 Å². The van der Waals surface area contributed by atoms with Gasteiger partial charge in [0.2, 0.25) is 0 Å². The first-order chi connectivity index (χ1) is 19.0. The van der Waals surface area contributed by atoms with Gasteiger partial charge in [-0.1, -0.05) is 44.5 Å². The first kappa shape index (κ1) is 30.0. The summed E-state index contributed by atoms with van der Waals surface area (Å²) in [7, 11) is 2.93. The van der Waals surface area contributed by atoms with Gasteiger partial charge in [-0.15, -0.1) is 0 Å². The molecule has 1 atom stereocenters. The molecular weight excluding hydrogens is 499 g/mol. The van der Waals surface area contributed by atoms with Gasteiger partial charge in [0.05, 0.1) is 20.8 Å². The highest BCUT2D eigenvalue weighted by molar-refractivity contribution is 5.73. The van der Waals surface area contributed by atoms with Gasteiger partial charge in [0.15, 0.2) is 6.29 Å². The Balaban J connectivity index is 0.00000134. The molecular formula is C32H39FO6. The van der Waals surface area contributed by atoms with E-state index in [1.165, 1.54) is 19.6 Å². The average molecular weight is 539 g/mol. The van der Waals surface area contributed by atoms with Crippen LogP contribution in [0, 0.1) is 5.82 Å². The lowest BCUT2D eigenvalue weighted by Crippen LogP contribution is -2.25. The topological polar surface area (TPSA) is 63.2 Å². The Bertz CT molecular complexity index is 1190. The number of hydrogen-bond donors (Lipinski definition) is 0. The number of methoxy groups -OCH3 is 2. The number of carbonyl (C=O) groups is 1. The summed E-state index contributed by atoms with van der Waals surface area (Å²) >= 11 is 0. The highest BCUT2D eigenvalue weighted by atomic mass is 19.1. The predicted molar refractivity (Wildman–Crippen MR) is 150 cm³/mol. The second-order valence-corrected chi connectivity index (χ2v) is 9.31. The third-order valence-corrected chi connectivity index (χ3v) is 6.06. The summed E-state index contributed by atoms with van der Waals surface area (Å²) in [4.78, 5) is 11.4. The Morgan fingerprint density at radius 2 is 1.77 bits per heavy atom. The lowest BCUT2D eigenvalue weighted by atomic mass is 10.0. The van der Waals surface area contributed by atoms with E-state index in [0.29, 0.717) is 54.4 Å². The lowest BCUT2D eigenvalue weighted by molar-refractivity contribution is -0.140. The normalized spacial score (nSPS) is 14.5. The average Bonchev–Trinajstić information content (AvgIpc) is 2.96. The first-order valence-corrected chi connectivity index (χ1v) is 13.5. The number of hydrogen-bond acceptors (Lipinski definition) is 6. The highest BCUT2D eigenvalue weighted by Crippen LogP contribution is 2.36. The van der Waals surface area contributed by atoms with E-state index >= 15 is 0 Å². The minimum Gasteiger partial charge on any atom is -0.497 e. The zero-order chi connectivity index (χ0) is 28.0. The largest absolute Gasteiger partial charge is 0.497 e. The molecule has 210 valence electrons. The molecule has 0 saturated carbocycles. The molecule has 39 heavy (non-hydrogen) atoms. The Kier molecular flexibility index (Phi) is 12.1. The third-order valence-electron chi connectivity index (χ3n) is 6.06. The molecule has 0 radical (unpaired) electrons. The van der Waals surface area contributed by atoms with E-state index in [1.54, 1.807) is 19.2 Å². The number of esters is 1. The van der Waals surface area contributed by atoms with Crippen LogP contribution in [0.4, 0.5) is 4.39 Å². The molecule has 3 aromatic carbocycles. The van der Waals surface area contributed by atoms with Gasteiger partial charge in [-0.2, -0.15) is 0 Å². The Labute approximate surface area is 231 Å². The Morgan fingerprint density at radius 3 is 2.49 bits per heavy atom. The van der Waals surface area contributed by atoms with Crippen molar-refractivity contribution in [2.45, 2.75) is 65.3 Å². The second kappa shape index (κ2) is 15.7. The van der Waals surface area contributed by atoms with Crippen LogP contribution in [0.3, 0.4) is 0 Å². The van der Waals surface area contributed by atoms with Crippen molar-refractivity contribution in [2.24, 2.45) is 0 Å². The van der Waals surface area contributed by atoms with Crippen molar-refractivity contribution in [3.8, 4) is 28.4 Å². The summed E-state index contributed by atoms with van der Waals surface area (Å²) in [6.45, 7) is 5.19. The quantitative estimate of drug-likeness (QED) is 0.249. The minimum absolute atomic E-state index is 0.247. The van der Waals surface area contributed by atoms with E-state index in [-0.39, 0.29) is 18.1 Å². The van der Waals surface area contributed by atoms with E-state index in [1.807, 2.05) is 42.5 Å². The fourth-order valence-corrected chi connectivity index (χ4v) is 4.07. The molecule has 0 aromatic heterocycles. The van der Waals surface area contributed by atoms with Gasteiger partial charge >= 0.3 is 5.97 Å². The summed E-state index contributed by atoms with van der Waals surface area (Å²) in [6.07, 6.45) is 4.55. The van der Waals surface area contributed by atoms with Crippen LogP contribution >= 0.6 is 0 Å². The van der Waals surface area contributed by atoms with E-state index in [4.69, 9.17) is 23.7 Å². The van der Waals surface area contributed by atoms with Crippen molar-refractivity contribution >= 4 is 5.97 Å². The van der Waals surface area contributed by atoms with Gasteiger partial charge in [0, 0.05) is 24.0 Å². The van der Waals surface area contributed by atoms with Crippen LogP contribution in [-0.2, 0) is 27.3 Å². The molecule has 1 heterocycles. The van der Waals surface area contributed by atoms with Crippen LogP contribution in [0.1, 0.15) is 57.1 Å². The van der Waals surface area contributed by atoms with Crippen LogP contribution in [0.2, 0.25) is 0 Å². The molecule has 6 nitrogen and oxygen atoms in total. The Hall–Kier alpha value is -3.58. The van der Waals surface area contributed by atoms with Crippen molar-refractivity contribution < 1.29 is 32.9 Å². The second-order valence-electron chi connectivity index (χ2n) is 9.31. The molecule has 0 aliphatic carbocycles. The van der Waals surface area contributed by atoms with E-state index in [2.05, 4.69) is 13.8 Å². The van der Waals surface area contributed by atoms with Crippen LogP contribution in [0.15, 0.2) is 60.7 Å². The molecule has 7 heteroatoms. The third kappa shape index (κ3) is 9.29. The lowest BCUT2D eigenvalue weighted by Gasteiger charge is -2.25. The van der Waals surface area contributed by atoms with Gasteiger partial charge in [-0.3, -0.25) is 4.79 Å². The van der Waals surface area contributed by atoms with Crippen molar-refractivity contribution in [3.63, 3.8) is 0 Å². The number of benzene rings is 3. The van der Waals surface area contributed by atoms with Crippen LogP contribution in [0.25, 0.3) is 11.1 Å². The molecule has 0 N–H and O–H groups in total. The molecule has 0 spiro atoms. The number of rotatable bonds is 10. The van der Waals surface area contributed by atoms with Gasteiger partial charge < -0.3 is 23.7 Å². The fraction of sp³-hybridized carbons (Fsp3) is 0.406. The van der Waals surface area contributed by atoms with E-state index in [9.17, 15) is 9.18 Å². The zero-order valence-electron chi connectivity index (χ0n) is 23.3. The number of ether oxygens (including phenoxy) is 5. The summed E-state index contributed by atoms with van der Waals surface area (Å²) < 4.78 is 42.8. The van der Waals surface area contributed by atoms with Crippen LogP contribution < -0.4 is 14.2 Å². The standard InChI is InChI=1S/C29H31FO6.C3H8/c1-32-22-11-13-26(30)25(18-22)24-12-9-21(17-27(24)36-29-8-3-4-15-34-29)19-35-23-7-5-6-20(16-23)10-14-28(31)33-2;1-3-2/h5-7,9,11-13,16-18,29H,3-4,8,10,14-15,19H2,1-2H3;3H2,1-2H3. The maximum Gasteiger partial charge on any atom is 0.305 e. The molecule has 4 rings (SSSR count). The van der Waals surface area contributed by atoms with E-state index < -0.39 is 0 Å². The van der Waals surface area contributed by atoms with Crippen molar-refractivity contribution in [2.75, 3.05) is 20.8 Å². The van der Waals surface area contributed by atoms with Gasteiger partial charge in [-0.05, 0) is 66.8 Å². The SMILES string of the molecule is CCC.COC(=O)CCc1cccc(OCc2ccc(-c3cc(OC)ccc3F)c(OC3CCCCO3)c2)c1. The molecule has 1 aliphatic heterocycles. The molecule has 3 aromatic rings. The molecule has 1 aliphatic rings. The highest BCUT2D eigenvalue weighted by Gasteiger charge is 2.20. The fourth-order valence-electron chi connectivity index (χ4n) is 4.07. The zero-order valence-corrected chi connectivity index (χ0v) is 23.3. The van der Waals surface area contributed by atoms with Crippen molar-refractivity contribution in [1.29, 1.82) is 0 Å². The molecule has 1 saturated heterocycles. The monoisotopic (exact) mass is 538 g/mol. The smallest absolute Gasteiger partial charge is 0.305 e. The predicted octanol–water partition coefficient (Wildman–Crippen LogP) is 7.51. The minimum atomic E-state index is -0.381. The number of carbonyl (C=O) groups excluding carboxylic acids is 1. The molecule has 1 fully saturated rings. The number of halogens is 1. The van der Waals surface area contributed by atoms with Crippen LogP contribution in [-0.4, -0.2) is 33.1 Å². The first-order valence-electron chi connectivity index (χ1n) is 13.5. The maximum absolute atomic E-state index is 14.8. The summed E-state index contributed by atoms with van der Waals surface area (Å²) in [5, 5.41) is 0. The van der Waals surface area contributed by atoms with Crippen molar-refractivity contribution in [3.05, 3.63) is 77.6 Å². The van der Waals surface area contributed by atoms with Gasteiger partial charge in [0.25, 0.3) is 0 Å². The van der Waals surface area contributed by atoms with Gasteiger partial charge in [0.1, 0.15) is 29.7 Å². The molecule has 0 bridgehead atoms. The Morgan fingerprint density at radius 1 is 0.949 bits per heavy atom. The molecule has 1 unspecified atom stereocenters. The van der Waals surface area contributed by atoms with Crippen LogP contribution in [0.5, 0.6) is 17.2 Å². The summed E-state index contributed by atoms with van der Waals surface area (Å²) in [6, 6.07) is 17.9. The van der Waals surface area contributed by atoms with Crippen molar-refractivity contribution in [1.82, 2.24) is 0 Å². The summed E-state index contributed by atoms with van der Waals surface area (Å²) in [5.74, 6) is 1.17.